The van der Waals surface area contributed by atoms with Crippen molar-refractivity contribution in [2.45, 2.75) is 26.3 Å². The van der Waals surface area contributed by atoms with Gasteiger partial charge in [-0.05, 0) is 48.9 Å². The highest BCUT2D eigenvalue weighted by Crippen LogP contribution is 2.23. The molecule has 1 unspecified atom stereocenters. The van der Waals surface area contributed by atoms with Gasteiger partial charge in [0.1, 0.15) is 5.82 Å². The molecule has 1 saturated heterocycles. The van der Waals surface area contributed by atoms with Gasteiger partial charge in [-0.25, -0.2) is 9.07 Å². The number of alkyl halides is 2. The topological polar surface area (TPSA) is 38.1 Å². The highest BCUT2D eigenvalue weighted by Gasteiger charge is 2.28. The fourth-order valence-electron chi connectivity index (χ4n) is 3.07. The van der Waals surface area contributed by atoms with E-state index in [9.17, 15) is 18.0 Å². The van der Waals surface area contributed by atoms with Crippen LogP contribution in [-0.4, -0.2) is 33.7 Å². The van der Waals surface area contributed by atoms with Crippen molar-refractivity contribution in [2.24, 2.45) is 5.92 Å². The first-order valence-corrected chi connectivity index (χ1v) is 7.81. The molecule has 1 fully saturated rings. The molecule has 0 saturated carbocycles. The van der Waals surface area contributed by atoms with Gasteiger partial charge in [-0.2, -0.15) is 13.9 Å². The summed E-state index contributed by atoms with van der Waals surface area (Å²) in [6.45, 7) is 0.101. The van der Waals surface area contributed by atoms with Crippen LogP contribution in [0.2, 0.25) is 0 Å². The summed E-state index contributed by atoms with van der Waals surface area (Å²) < 4.78 is 38.9. The minimum atomic E-state index is -2.75. The molecule has 1 aromatic carbocycles. The molecule has 3 rings (SSSR count). The molecule has 0 spiro atoms. The monoisotopic (exact) mass is 337 g/mol. The Morgan fingerprint density at radius 3 is 2.83 bits per heavy atom. The molecule has 2 aromatic rings. The van der Waals surface area contributed by atoms with Gasteiger partial charge in [0.05, 0.1) is 0 Å². The van der Waals surface area contributed by atoms with Crippen LogP contribution in [0, 0.1) is 18.7 Å². The summed E-state index contributed by atoms with van der Waals surface area (Å²) in [4.78, 5) is 14.0. The summed E-state index contributed by atoms with van der Waals surface area (Å²) in [5.41, 5.74) is 1.68. The lowest BCUT2D eigenvalue weighted by Crippen LogP contribution is -2.29. The number of aromatic nitrogens is 2. The summed E-state index contributed by atoms with van der Waals surface area (Å²) in [6.07, 6.45) is 2.70. The molecule has 4 nitrogen and oxygen atoms in total. The quantitative estimate of drug-likeness (QED) is 0.857. The molecule has 7 heteroatoms. The summed E-state index contributed by atoms with van der Waals surface area (Å²) >= 11 is 0. The van der Waals surface area contributed by atoms with Crippen LogP contribution in [-0.2, 0) is 6.42 Å². The van der Waals surface area contributed by atoms with E-state index in [1.54, 1.807) is 17.9 Å². The van der Waals surface area contributed by atoms with E-state index in [0.717, 1.165) is 24.6 Å². The summed E-state index contributed by atoms with van der Waals surface area (Å²) in [7, 11) is 0. The Bertz CT molecular complexity index is 744. The summed E-state index contributed by atoms with van der Waals surface area (Å²) in [6, 6.07) is 6.35. The van der Waals surface area contributed by atoms with Crippen LogP contribution in [0.5, 0.6) is 0 Å². The molecule has 128 valence electrons. The predicted octanol–water partition coefficient (Wildman–Crippen LogP) is 3.43. The van der Waals surface area contributed by atoms with Gasteiger partial charge in [-0.3, -0.25) is 4.79 Å². The first-order chi connectivity index (χ1) is 11.4. The van der Waals surface area contributed by atoms with Gasteiger partial charge in [-0.1, -0.05) is 12.1 Å². The lowest BCUT2D eigenvalue weighted by atomic mass is 9.97. The van der Waals surface area contributed by atoms with Gasteiger partial charge in [-0.15, -0.1) is 0 Å². The van der Waals surface area contributed by atoms with E-state index in [1.165, 1.54) is 12.1 Å². The molecule has 0 N–H and O–H groups in total. The Balaban J connectivity index is 1.61. The molecule has 0 aliphatic carbocycles. The van der Waals surface area contributed by atoms with Crippen molar-refractivity contribution in [2.75, 3.05) is 13.1 Å². The first-order valence-electron chi connectivity index (χ1n) is 7.81. The number of aryl methyl sites for hydroxylation is 1. The largest absolute Gasteiger partial charge is 0.337 e. The second kappa shape index (κ2) is 6.67. The zero-order valence-corrected chi connectivity index (χ0v) is 13.3. The number of hydrogen-bond donors (Lipinski definition) is 0. The molecule has 1 amide bonds. The molecule has 24 heavy (non-hydrogen) atoms. The average Bonchev–Trinajstić information content (AvgIpc) is 3.20. The van der Waals surface area contributed by atoms with Gasteiger partial charge in [0, 0.05) is 19.3 Å². The number of amides is 1. The number of carbonyl (C=O) groups excluding carboxylic acids is 1. The Hall–Kier alpha value is -2.31. The lowest BCUT2D eigenvalue weighted by molar-refractivity contribution is 0.0553. The van der Waals surface area contributed by atoms with E-state index in [2.05, 4.69) is 5.10 Å². The van der Waals surface area contributed by atoms with Crippen LogP contribution in [0.4, 0.5) is 13.2 Å². The van der Waals surface area contributed by atoms with Crippen molar-refractivity contribution in [3.8, 4) is 0 Å². The molecule has 2 heterocycles. The van der Waals surface area contributed by atoms with Crippen molar-refractivity contribution >= 4 is 5.91 Å². The number of rotatable bonds is 4. The number of benzene rings is 1. The molecule has 0 radical (unpaired) electrons. The number of carbonyl (C=O) groups is 1. The predicted molar refractivity (Wildman–Crippen MR) is 82.3 cm³/mol. The average molecular weight is 337 g/mol. The van der Waals surface area contributed by atoms with E-state index in [0.29, 0.717) is 23.3 Å². The fourth-order valence-corrected chi connectivity index (χ4v) is 3.07. The van der Waals surface area contributed by atoms with E-state index in [-0.39, 0.29) is 23.3 Å². The van der Waals surface area contributed by atoms with Crippen LogP contribution >= 0.6 is 0 Å². The third-order valence-corrected chi connectivity index (χ3v) is 4.35. The third-order valence-electron chi connectivity index (χ3n) is 4.35. The maximum Gasteiger partial charge on any atom is 0.333 e. The highest BCUT2D eigenvalue weighted by atomic mass is 19.3. The van der Waals surface area contributed by atoms with Crippen molar-refractivity contribution in [1.82, 2.24) is 14.7 Å². The van der Waals surface area contributed by atoms with Crippen LogP contribution < -0.4 is 0 Å². The Labute approximate surface area is 137 Å². The minimum Gasteiger partial charge on any atom is -0.337 e. The Morgan fingerprint density at radius 2 is 2.17 bits per heavy atom. The van der Waals surface area contributed by atoms with E-state index >= 15 is 0 Å². The molecule has 1 atom stereocenters. The van der Waals surface area contributed by atoms with Crippen LogP contribution in [0.25, 0.3) is 0 Å². The van der Waals surface area contributed by atoms with Gasteiger partial charge in [0.2, 0.25) is 0 Å². The molecular formula is C17H18F3N3O. The van der Waals surface area contributed by atoms with E-state index in [4.69, 9.17) is 0 Å². The summed E-state index contributed by atoms with van der Waals surface area (Å²) in [5.74, 6) is -0.278. The van der Waals surface area contributed by atoms with Crippen LogP contribution in [0.1, 0.15) is 34.6 Å². The fraction of sp³-hybridized carbons (Fsp3) is 0.412. The zero-order chi connectivity index (χ0) is 17.3. The normalized spacial score (nSPS) is 17.7. The first kappa shape index (κ1) is 16.5. The van der Waals surface area contributed by atoms with Crippen molar-refractivity contribution in [3.63, 3.8) is 0 Å². The molecule has 0 bridgehead atoms. The second-order valence-corrected chi connectivity index (χ2v) is 6.15. The number of likely N-dealkylation sites (tertiary alicyclic amines) is 1. The Morgan fingerprint density at radius 1 is 1.38 bits per heavy atom. The lowest BCUT2D eigenvalue weighted by Gasteiger charge is -2.15. The molecular weight excluding hydrogens is 319 g/mol. The standard InChI is InChI=1S/C17H18F3N3O/c1-11-8-12(2-3-14(11)18)9-13-4-6-22(10-13)16(24)15-5-7-23(21-15)17(19)20/h2-3,5,7-8,13,17H,4,6,9-10H2,1H3. The smallest absolute Gasteiger partial charge is 0.333 e. The Kier molecular flexibility index (Phi) is 4.59. The van der Waals surface area contributed by atoms with E-state index in [1.807, 2.05) is 6.07 Å². The maximum absolute atomic E-state index is 13.3. The van der Waals surface area contributed by atoms with Crippen LogP contribution in [0.15, 0.2) is 30.5 Å². The van der Waals surface area contributed by atoms with Crippen molar-refractivity contribution in [3.05, 3.63) is 53.1 Å². The summed E-state index contributed by atoms with van der Waals surface area (Å²) in [5, 5.41) is 3.62. The van der Waals surface area contributed by atoms with Crippen LogP contribution in [0.3, 0.4) is 0 Å². The minimum absolute atomic E-state index is 0.0357. The van der Waals surface area contributed by atoms with Gasteiger partial charge < -0.3 is 4.90 Å². The second-order valence-electron chi connectivity index (χ2n) is 6.15. The van der Waals surface area contributed by atoms with Crippen molar-refractivity contribution < 1.29 is 18.0 Å². The van der Waals surface area contributed by atoms with Gasteiger partial charge in [0.25, 0.3) is 5.91 Å². The van der Waals surface area contributed by atoms with Crippen molar-refractivity contribution in [1.29, 1.82) is 0 Å². The van der Waals surface area contributed by atoms with E-state index < -0.39 is 6.55 Å². The zero-order valence-electron chi connectivity index (χ0n) is 13.3. The van der Waals surface area contributed by atoms with Gasteiger partial charge >= 0.3 is 6.55 Å². The molecule has 1 aliphatic rings. The molecule has 1 aromatic heterocycles. The number of halogens is 3. The number of hydrogen-bond acceptors (Lipinski definition) is 2. The highest BCUT2D eigenvalue weighted by molar-refractivity contribution is 5.92. The maximum atomic E-state index is 13.3. The molecule has 1 aliphatic heterocycles. The third kappa shape index (κ3) is 3.44. The van der Waals surface area contributed by atoms with Gasteiger partial charge in [0.15, 0.2) is 5.69 Å². The number of nitrogens with zero attached hydrogens (tertiary/aromatic N) is 3. The SMILES string of the molecule is Cc1cc(CC2CCN(C(=O)c3ccn(C(F)F)n3)C2)ccc1F.